The van der Waals surface area contributed by atoms with Crippen LogP contribution in [0.15, 0.2) is 54.6 Å². The third kappa shape index (κ3) is 4.40. The molecule has 2 aromatic rings. The lowest BCUT2D eigenvalue weighted by Crippen LogP contribution is -2.14. The average Bonchev–Trinajstić information content (AvgIpc) is 2.47. The van der Waals surface area contributed by atoms with Gasteiger partial charge in [-0.1, -0.05) is 30.3 Å². The van der Waals surface area contributed by atoms with Gasteiger partial charge in [-0.15, -0.1) is 0 Å². The second kappa shape index (κ2) is 7.31. The zero-order valence-electron chi connectivity index (χ0n) is 11.2. The van der Waals surface area contributed by atoms with Crippen LogP contribution in [0.5, 0.6) is 5.75 Å². The van der Waals surface area contributed by atoms with Crippen molar-refractivity contribution in [2.45, 2.75) is 6.42 Å². The minimum absolute atomic E-state index is 0.0353. The zero-order chi connectivity index (χ0) is 14.2. The van der Waals surface area contributed by atoms with E-state index in [0.717, 1.165) is 17.0 Å². The number of hydrogen-bond acceptors (Lipinski definition) is 3. The van der Waals surface area contributed by atoms with Gasteiger partial charge in [-0.3, -0.25) is 4.79 Å². The van der Waals surface area contributed by atoms with Crippen molar-refractivity contribution >= 4 is 11.6 Å². The summed E-state index contributed by atoms with van der Waals surface area (Å²) in [4.78, 5) is 11.9. The van der Waals surface area contributed by atoms with Crippen LogP contribution in [0.25, 0.3) is 0 Å². The Morgan fingerprint density at radius 2 is 1.75 bits per heavy atom. The third-order valence-electron chi connectivity index (χ3n) is 2.73. The Morgan fingerprint density at radius 3 is 2.40 bits per heavy atom. The maximum absolute atomic E-state index is 11.9. The van der Waals surface area contributed by atoms with Crippen molar-refractivity contribution in [1.29, 1.82) is 0 Å². The molecule has 0 atom stereocenters. The molecule has 2 aromatic carbocycles. The molecule has 0 bridgehead atoms. The van der Waals surface area contributed by atoms with Crippen molar-refractivity contribution in [3.63, 3.8) is 0 Å². The first-order valence-corrected chi connectivity index (χ1v) is 6.54. The van der Waals surface area contributed by atoms with E-state index < -0.39 is 0 Å². The fraction of sp³-hybridized carbons (Fsp3) is 0.188. The maximum Gasteiger partial charge on any atom is 0.228 e. The summed E-state index contributed by atoms with van der Waals surface area (Å²) < 4.78 is 5.37. The molecule has 0 heterocycles. The van der Waals surface area contributed by atoms with E-state index >= 15 is 0 Å². The van der Waals surface area contributed by atoms with E-state index in [0.29, 0.717) is 19.6 Å². The molecule has 0 fully saturated rings. The molecule has 2 rings (SSSR count). The van der Waals surface area contributed by atoms with Crippen LogP contribution in [0.2, 0.25) is 0 Å². The first kappa shape index (κ1) is 14.1. The van der Waals surface area contributed by atoms with Crippen molar-refractivity contribution in [2.75, 3.05) is 18.5 Å². The number of carbonyl (C=O) groups excluding carboxylic acids is 1. The summed E-state index contributed by atoms with van der Waals surface area (Å²) in [6.45, 7) is 0.968. The average molecular weight is 270 g/mol. The number of benzene rings is 2. The van der Waals surface area contributed by atoms with Crippen LogP contribution in [0.4, 0.5) is 5.69 Å². The molecule has 104 valence electrons. The van der Waals surface area contributed by atoms with Gasteiger partial charge in [0, 0.05) is 12.2 Å². The maximum atomic E-state index is 11.9. The second-order valence-corrected chi connectivity index (χ2v) is 4.37. The molecule has 1 amide bonds. The highest BCUT2D eigenvalue weighted by atomic mass is 16.5. The molecule has 4 heteroatoms. The Bertz CT molecular complexity index is 538. The standard InChI is InChI=1S/C16H18N2O2/c17-10-11-20-15-8-6-14(7-9-15)18-16(19)12-13-4-2-1-3-5-13/h1-9H,10-12,17H2,(H,18,19). The van der Waals surface area contributed by atoms with Gasteiger partial charge in [0.2, 0.25) is 5.91 Å². The quantitative estimate of drug-likeness (QED) is 0.845. The summed E-state index contributed by atoms with van der Waals surface area (Å²) in [6.07, 6.45) is 0.367. The van der Waals surface area contributed by atoms with E-state index in [-0.39, 0.29) is 5.91 Å². The van der Waals surface area contributed by atoms with Crippen LogP contribution in [-0.4, -0.2) is 19.1 Å². The Labute approximate surface area is 118 Å². The topological polar surface area (TPSA) is 64.3 Å². The molecular formula is C16H18N2O2. The number of anilines is 1. The van der Waals surface area contributed by atoms with E-state index in [1.807, 2.05) is 54.6 Å². The van der Waals surface area contributed by atoms with E-state index in [1.165, 1.54) is 0 Å². The fourth-order valence-corrected chi connectivity index (χ4v) is 1.80. The molecular weight excluding hydrogens is 252 g/mol. The van der Waals surface area contributed by atoms with Gasteiger partial charge in [0.1, 0.15) is 12.4 Å². The molecule has 0 radical (unpaired) electrons. The van der Waals surface area contributed by atoms with E-state index in [9.17, 15) is 4.79 Å². The first-order chi connectivity index (χ1) is 9.78. The predicted octanol–water partition coefficient (Wildman–Crippen LogP) is 2.21. The number of ether oxygens (including phenoxy) is 1. The van der Waals surface area contributed by atoms with Crippen LogP contribution >= 0.6 is 0 Å². The Morgan fingerprint density at radius 1 is 1.05 bits per heavy atom. The number of nitrogens with two attached hydrogens (primary N) is 1. The molecule has 3 N–H and O–H groups in total. The van der Waals surface area contributed by atoms with Gasteiger partial charge in [0.25, 0.3) is 0 Å². The van der Waals surface area contributed by atoms with Crippen LogP contribution < -0.4 is 15.8 Å². The van der Waals surface area contributed by atoms with Crippen molar-refractivity contribution in [3.8, 4) is 5.75 Å². The van der Waals surface area contributed by atoms with Gasteiger partial charge in [-0.05, 0) is 29.8 Å². The smallest absolute Gasteiger partial charge is 0.228 e. The number of hydrogen-bond donors (Lipinski definition) is 2. The minimum atomic E-state index is -0.0353. The van der Waals surface area contributed by atoms with Crippen LogP contribution in [0.3, 0.4) is 0 Å². The van der Waals surface area contributed by atoms with Crippen LogP contribution in [0.1, 0.15) is 5.56 Å². The molecule has 0 spiro atoms. The SMILES string of the molecule is NCCOc1ccc(NC(=O)Cc2ccccc2)cc1. The molecule has 0 saturated carbocycles. The van der Waals surface area contributed by atoms with Crippen LogP contribution in [0, 0.1) is 0 Å². The molecule has 0 aliphatic heterocycles. The monoisotopic (exact) mass is 270 g/mol. The molecule has 0 aromatic heterocycles. The van der Waals surface area contributed by atoms with E-state index in [2.05, 4.69) is 5.32 Å². The second-order valence-electron chi connectivity index (χ2n) is 4.37. The van der Waals surface area contributed by atoms with Gasteiger partial charge in [0.05, 0.1) is 6.42 Å². The molecule has 20 heavy (non-hydrogen) atoms. The highest BCUT2D eigenvalue weighted by Crippen LogP contribution is 2.15. The summed E-state index contributed by atoms with van der Waals surface area (Å²) >= 11 is 0. The fourth-order valence-electron chi connectivity index (χ4n) is 1.80. The van der Waals surface area contributed by atoms with Gasteiger partial charge in [-0.25, -0.2) is 0 Å². The Hall–Kier alpha value is -2.33. The zero-order valence-corrected chi connectivity index (χ0v) is 11.2. The summed E-state index contributed by atoms with van der Waals surface area (Å²) in [5.74, 6) is 0.711. The van der Waals surface area contributed by atoms with Crippen molar-refractivity contribution in [3.05, 3.63) is 60.2 Å². The first-order valence-electron chi connectivity index (χ1n) is 6.54. The van der Waals surface area contributed by atoms with E-state index in [1.54, 1.807) is 0 Å². The Balaban J connectivity index is 1.88. The summed E-state index contributed by atoms with van der Waals surface area (Å²) in [6, 6.07) is 16.9. The number of rotatable bonds is 6. The van der Waals surface area contributed by atoms with E-state index in [4.69, 9.17) is 10.5 Å². The van der Waals surface area contributed by atoms with Gasteiger partial charge in [-0.2, -0.15) is 0 Å². The lowest BCUT2D eigenvalue weighted by atomic mass is 10.1. The highest BCUT2D eigenvalue weighted by molar-refractivity contribution is 5.92. The van der Waals surface area contributed by atoms with Gasteiger partial charge >= 0.3 is 0 Å². The normalized spacial score (nSPS) is 10.1. The van der Waals surface area contributed by atoms with Crippen molar-refractivity contribution in [1.82, 2.24) is 0 Å². The molecule has 0 saturated heterocycles. The molecule has 0 aliphatic carbocycles. The van der Waals surface area contributed by atoms with Crippen molar-refractivity contribution in [2.24, 2.45) is 5.73 Å². The number of nitrogens with one attached hydrogen (secondary N) is 1. The third-order valence-corrected chi connectivity index (χ3v) is 2.73. The highest BCUT2D eigenvalue weighted by Gasteiger charge is 2.03. The van der Waals surface area contributed by atoms with Gasteiger partial charge < -0.3 is 15.8 Å². The summed E-state index contributed by atoms with van der Waals surface area (Å²) in [7, 11) is 0. The van der Waals surface area contributed by atoms with Crippen molar-refractivity contribution < 1.29 is 9.53 Å². The Kier molecular flexibility index (Phi) is 5.15. The summed E-state index contributed by atoms with van der Waals surface area (Å²) in [5, 5.41) is 2.85. The minimum Gasteiger partial charge on any atom is -0.492 e. The molecule has 4 nitrogen and oxygen atoms in total. The largest absolute Gasteiger partial charge is 0.492 e. The number of carbonyl (C=O) groups is 1. The number of amides is 1. The van der Waals surface area contributed by atoms with Gasteiger partial charge in [0.15, 0.2) is 0 Å². The lowest BCUT2D eigenvalue weighted by molar-refractivity contribution is -0.115. The molecule has 0 aliphatic rings. The van der Waals surface area contributed by atoms with Crippen LogP contribution in [-0.2, 0) is 11.2 Å². The molecule has 0 unspecified atom stereocenters. The summed E-state index contributed by atoms with van der Waals surface area (Å²) in [5.41, 5.74) is 7.11. The predicted molar refractivity (Wildman–Crippen MR) is 79.8 cm³/mol. The lowest BCUT2D eigenvalue weighted by Gasteiger charge is -2.07.